The zero-order chi connectivity index (χ0) is 20.3. The van der Waals surface area contributed by atoms with E-state index in [0.29, 0.717) is 30.7 Å². The van der Waals surface area contributed by atoms with E-state index in [1.165, 1.54) is 0 Å². The Labute approximate surface area is 176 Å². The van der Waals surface area contributed by atoms with Crippen LogP contribution in [0.15, 0.2) is 59.1 Å². The molecule has 0 aliphatic heterocycles. The molecule has 29 heavy (non-hydrogen) atoms. The smallest absolute Gasteiger partial charge is 0.236 e. The fourth-order valence-corrected chi connectivity index (χ4v) is 3.23. The van der Waals surface area contributed by atoms with Crippen LogP contribution in [0.3, 0.4) is 0 Å². The summed E-state index contributed by atoms with van der Waals surface area (Å²) >= 11 is 1.71. The van der Waals surface area contributed by atoms with Crippen LogP contribution in [0.4, 0.5) is 0 Å². The van der Waals surface area contributed by atoms with Crippen molar-refractivity contribution in [2.45, 2.75) is 12.2 Å². The molecule has 0 atom stereocenters. The Bertz CT molecular complexity index is 838. The largest absolute Gasteiger partial charge is 0.494 e. The summed E-state index contributed by atoms with van der Waals surface area (Å²) in [5, 5.41) is 4.08. The van der Waals surface area contributed by atoms with Gasteiger partial charge >= 0.3 is 0 Å². The zero-order valence-electron chi connectivity index (χ0n) is 16.9. The second-order valence-electron chi connectivity index (χ2n) is 6.76. The lowest BCUT2D eigenvalue weighted by Crippen LogP contribution is -2.15. The minimum atomic E-state index is 0.597. The van der Waals surface area contributed by atoms with E-state index in [2.05, 4.69) is 29.1 Å². The molecule has 0 fully saturated rings. The predicted molar refractivity (Wildman–Crippen MR) is 116 cm³/mol. The summed E-state index contributed by atoms with van der Waals surface area (Å²) in [4.78, 5) is 6.62. The molecular weight excluding hydrogens is 386 g/mol. The number of hydrogen-bond acceptors (Lipinski definition) is 7. The topological polar surface area (TPSA) is 60.6 Å². The first-order valence-corrected chi connectivity index (χ1v) is 10.8. The normalized spacial score (nSPS) is 11.0. The quantitative estimate of drug-likeness (QED) is 0.408. The molecule has 3 aromatic rings. The molecule has 0 N–H and O–H groups in total. The number of benzene rings is 2. The third-order valence-electron chi connectivity index (χ3n) is 4.06. The maximum absolute atomic E-state index is 5.75. The van der Waals surface area contributed by atoms with Gasteiger partial charge in [-0.25, -0.2) is 0 Å². The van der Waals surface area contributed by atoms with E-state index in [4.69, 9.17) is 14.0 Å². The summed E-state index contributed by atoms with van der Waals surface area (Å²) < 4.78 is 16.8. The van der Waals surface area contributed by atoms with Crippen molar-refractivity contribution in [1.29, 1.82) is 0 Å². The van der Waals surface area contributed by atoms with Crippen LogP contribution in [0.25, 0.3) is 11.4 Å². The number of para-hydroxylation sites is 1. The summed E-state index contributed by atoms with van der Waals surface area (Å²) in [6.07, 6.45) is 0.997. The monoisotopic (exact) mass is 413 g/mol. The van der Waals surface area contributed by atoms with Gasteiger partial charge in [-0.3, -0.25) is 0 Å². The number of hydrogen-bond donors (Lipinski definition) is 0. The molecule has 7 heteroatoms. The SMILES string of the molecule is CN(C)CCCOc1ccc(-c2noc(CSCCOc3ccccc3)n2)cc1. The van der Waals surface area contributed by atoms with E-state index < -0.39 is 0 Å². The number of nitrogens with zero attached hydrogens (tertiary/aromatic N) is 3. The molecule has 0 bridgehead atoms. The van der Waals surface area contributed by atoms with Crippen LogP contribution in [0.5, 0.6) is 11.5 Å². The molecule has 0 amide bonds. The van der Waals surface area contributed by atoms with Crippen molar-refractivity contribution in [2.24, 2.45) is 0 Å². The summed E-state index contributed by atoms with van der Waals surface area (Å²) in [7, 11) is 4.12. The van der Waals surface area contributed by atoms with Crippen molar-refractivity contribution in [3.05, 3.63) is 60.5 Å². The average Bonchev–Trinajstić information content (AvgIpc) is 3.21. The van der Waals surface area contributed by atoms with Gasteiger partial charge in [0, 0.05) is 17.9 Å². The summed E-state index contributed by atoms with van der Waals surface area (Å²) in [6.45, 7) is 2.36. The predicted octanol–water partition coefficient (Wildman–Crippen LogP) is 4.38. The Morgan fingerprint density at radius 3 is 2.41 bits per heavy atom. The van der Waals surface area contributed by atoms with Gasteiger partial charge in [0.25, 0.3) is 0 Å². The minimum Gasteiger partial charge on any atom is -0.494 e. The fourth-order valence-electron chi connectivity index (χ4n) is 2.60. The summed E-state index contributed by atoms with van der Waals surface area (Å²) in [5.41, 5.74) is 0.915. The molecule has 154 valence electrons. The maximum Gasteiger partial charge on any atom is 0.236 e. The molecule has 0 saturated carbocycles. The molecule has 0 radical (unpaired) electrons. The number of ether oxygens (including phenoxy) is 2. The van der Waals surface area contributed by atoms with E-state index in [0.717, 1.165) is 35.8 Å². The Morgan fingerprint density at radius 2 is 1.66 bits per heavy atom. The number of thioether (sulfide) groups is 1. The molecule has 2 aromatic carbocycles. The Hall–Kier alpha value is -2.51. The van der Waals surface area contributed by atoms with Crippen LogP contribution >= 0.6 is 11.8 Å². The van der Waals surface area contributed by atoms with Crippen LogP contribution < -0.4 is 9.47 Å². The van der Waals surface area contributed by atoms with Crippen molar-refractivity contribution >= 4 is 11.8 Å². The molecule has 0 spiro atoms. The highest BCUT2D eigenvalue weighted by Crippen LogP contribution is 2.21. The van der Waals surface area contributed by atoms with Crippen molar-refractivity contribution < 1.29 is 14.0 Å². The highest BCUT2D eigenvalue weighted by atomic mass is 32.2. The average molecular weight is 414 g/mol. The van der Waals surface area contributed by atoms with E-state index in [1.54, 1.807) is 11.8 Å². The highest BCUT2D eigenvalue weighted by Gasteiger charge is 2.09. The maximum atomic E-state index is 5.75. The second-order valence-corrected chi connectivity index (χ2v) is 7.86. The van der Waals surface area contributed by atoms with Crippen molar-refractivity contribution in [3.8, 4) is 22.9 Å². The van der Waals surface area contributed by atoms with Gasteiger partial charge in [-0.2, -0.15) is 4.98 Å². The summed E-state index contributed by atoms with van der Waals surface area (Å²) in [5.74, 6) is 4.47. The van der Waals surface area contributed by atoms with E-state index in [-0.39, 0.29) is 0 Å². The van der Waals surface area contributed by atoms with Gasteiger partial charge < -0.3 is 18.9 Å². The lowest BCUT2D eigenvalue weighted by Gasteiger charge is -2.10. The lowest BCUT2D eigenvalue weighted by molar-refractivity contribution is 0.281. The van der Waals surface area contributed by atoms with E-state index >= 15 is 0 Å². The van der Waals surface area contributed by atoms with E-state index in [1.807, 2.05) is 54.6 Å². The van der Waals surface area contributed by atoms with Gasteiger partial charge in [0.15, 0.2) is 0 Å². The Morgan fingerprint density at radius 1 is 0.931 bits per heavy atom. The first kappa shape index (κ1) is 21.2. The standard InChI is InChI=1S/C22H27N3O3S/c1-25(2)13-6-14-26-20-11-9-18(10-12-20)22-23-21(28-24-22)17-29-16-15-27-19-7-4-3-5-8-19/h3-5,7-12H,6,13-17H2,1-2H3. The first-order chi connectivity index (χ1) is 14.2. The van der Waals surface area contributed by atoms with Crippen molar-refractivity contribution in [2.75, 3.05) is 39.6 Å². The van der Waals surface area contributed by atoms with Crippen LogP contribution in [0.1, 0.15) is 12.3 Å². The highest BCUT2D eigenvalue weighted by molar-refractivity contribution is 7.98. The van der Waals surface area contributed by atoms with Crippen LogP contribution in [-0.4, -0.2) is 54.6 Å². The molecule has 0 unspecified atom stereocenters. The first-order valence-electron chi connectivity index (χ1n) is 9.67. The molecular formula is C22H27N3O3S. The van der Waals surface area contributed by atoms with Gasteiger partial charge in [-0.05, 0) is 56.9 Å². The molecule has 1 aromatic heterocycles. The lowest BCUT2D eigenvalue weighted by atomic mass is 10.2. The molecule has 3 rings (SSSR count). The van der Waals surface area contributed by atoms with E-state index in [9.17, 15) is 0 Å². The van der Waals surface area contributed by atoms with Gasteiger partial charge in [0.2, 0.25) is 11.7 Å². The second kappa shape index (κ2) is 11.5. The Kier molecular flexibility index (Phi) is 8.40. The molecule has 1 heterocycles. The Balaban J connectivity index is 1.38. The third kappa shape index (κ3) is 7.44. The number of rotatable bonds is 12. The molecule has 0 aliphatic rings. The molecule has 0 aliphatic carbocycles. The third-order valence-corrected chi connectivity index (χ3v) is 4.97. The zero-order valence-corrected chi connectivity index (χ0v) is 17.7. The van der Waals surface area contributed by atoms with Crippen LogP contribution in [0, 0.1) is 0 Å². The van der Waals surface area contributed by atoms with Crippen LogP contribution in [-0.2, 0) is 5.75 Å². The fraction of sp³-hybridized carbons (Fsp3) is 0.364. The van der Waals surface area contributed by atoms with Gasteiger partial charge in [0.05, 0.1) is 19.0 Å². The van der Waals surface area contributed by atoms with Gasteiger partial charge in [0.1, 0.15) is 11.5 Å². The van der Waals surface area contributed by atoms with Crippen LogP contribution in [0.2, 0.25) is 0 Å². The number of aromatic nitrogens is 2. The van der Waals surface area contributed by atoms with Crippen molar-refractivity contribution in [1.82, 2.24) is 15.0 Å². The molecule has 6 nitrogen and oxygen atoms in total. The van der Waals surface area contributed by atoms with Crippen molar-refractivity contribution in [3.63, 3.8) is 0 Å². The van der Waals surface area contributed by atoms with Gasteiger partial charge in [-0.15, -0.1) is 11.8 Å². The minimum absolute atomic E-state index is 0.597. The summed E-state index contributed by atoms with van der Waals surface area (Å²) in [6, 6.07) is 17.6. The molecule has 0 saturated heterocycles. The van der Waals surface area contributed by atoms with Gasteiger partial charge in [-0.1, -0.05) is 23.4 Å².